The number of nitrogens with zero attached hydrogens (tertiary/aromatic N) is 2. The third-order valence-corrected chi connectivity index (χ3v) is 8.96. The van der Waals surface area contributed by atoms with Crippen molar-refractivity contribution in [3.63, 3.8) is 0 Å². The number of aliphatic hydroxyl groups excluding tert-OH is 1. The minimum atomic E-state index is -1.03. The van der Waals surface area contributed by atoms with Crippen molar-refractivity contribution < 1.29 is 24.2 Å². The lowest BCUT2D eigenvalue weighted by Gasteiger charge is -2.33. The predicted octanol–water partition coefficient (Wildman–Crippen LogP) is 4.04. The Kier molecular flexibility index (Phi) is 8.94. The fourth-order valence-corrected chi connectivity index (χ4v) is 7.04. The molecule has 3 amide bonds. The van der Waals surface area contributed by atoms with Crippen molar-refractivity contribution in [3.05, 3.63) is 54.6 Å². The van der Waals surface area contributed by atoms with E-state index in [9.17, 15) is 14.4 Å². The van der Waals surface area contributed by atoms with Crippen LogP contribution >= 0.6 is 0 Å². The van der Waals surface area contributed by atoms with Gasteiger partial charge in [0.1, 0.15) is 11.6 Å². The highest BCUT2D eigenvalue weighted by atomic mass is 16.5. The standard InChI is InChI=1S/C32H42N4O5/c1-3-35(4-2)24-16-14-23(15-17-24)34-30(39)28-32-19-18-25(41-32)26(29(38)33-22-12-8-7-9-13-22)27(32)31(40)36(28)20-10-5-6-11-21-37/h7-9,12-17,25-28,37H,3-6,10-11,18-21H2,1-2H3,(H,33,38)(H,34,39)/t25-,26+,27-,28?,32?/m0/s1. The number of hydrogen-bond acceptors (Lipinski definition) is 6. The van der Waals surface area contributed by atoms with Crippen LogP contribution in [0, 0.1) is 11.8 Å². The van der Waals surface area contributed by atoms with E-state index in [-0.39, 0.29) is 24.3 Å². The average molecular weight is 563 g/mol. The number of amides is 3. The van der Waals surface area contributed by atoms with Crippen molar-refractivity contribution in [3.8, 4) is 0 Å². The zero-order valence-corrected chi connectivity index (χ0v) is 24.1. The van der Waals surface area contributed by atoms with Crippen LogP contribution in [0.15, 0.2) is 54.6 Å². The van der Waals surface area contributed by atoms with Crippen molar-refractivity contribution in [2.24, 2.45) is 11.8 Å². The SMILES string of the molecule is CCN(CC)c1ccc(NC(=O)C2N(CCCCCCO)C(=O)[C@@H]3[C@H](C(=O)Nc4ccccc4)[C@@H]4CCC23O4)cc1. The number of benzene rings is 2. The lowest BCUT2D eigenvalue weighted by atomic mass is 9.70. The third-order valence-electron chi connectivity index (χ3n) is 8.96. The Labute approximate surface area is 242 Å². The Bertz CT molecular complexity index is 1220. The van der Waals surface area contributed by atoms with Crippen LogP contribution in [-0.4, -0.2) is 71.7 Å². The van der Waals surface area contributed by atoms with Gasteiger partial charge in [-0.2, -0.15) is 0 Å². The first-order valence-electron chi connectivity index (χ1n) is 15.0. The smallest absolute Gasteiger partial charge is 0.250 e. The molecule has 3 saturated heterocycles. The zero-order chi connectivity index (χ0) is 29.0. The van der Waals surface area contributed by atoms with Crippen molar-refractivity contribution in [1.29, 1.82) is 0 Å². The molecule has 3 heterocycles. The lowest BCUT2D eigenvalue weighted by molar-refractivity contribution is -0.139. The molecular formula is C32H42N4O5. The van der Waals surface area contributed by atoms with Gasteiger partial charge in [0.05, 0.1) is 17.9 Å². The molecule has 220 valence electrons. The number of hydrogen-bond donors (Lipinski definition) is 3. The summed E-state index contributed by atoms with van der Waals surface area (Å²) in [6, 6.07) is 16.2. The molecule has 9 nitrogen and oxygen atoms in total. The highest BCUT2D eigenvalue weighted by Gasteiger charge is 2.74. The average Bonchev–Trinajstić information content (AvgIpc) is 3.62. The Hall–Kier alpha value is -3.43. The molecule has 2 unspecified atom stereocenters. The van der Waals surface area contributed by atoms with Crippen molar-refractivity contribution in [1.82, 2.24) is 4.90 Å². The first-order valence-corrected chi connectivity index (χ1v) is 15.0. The number of likely N-dealkylation sites (tertiary alicyclic amines) is 1. The second-order valence-corrected chi connectivity index (χ2v) is 11.3. The maximum Gasteiger partial charge on any atom is 0.250 e. The van der Waals surface area contributed by atoms with E-state index in [2.05, 4.69) is 29.4 Å². The van der Waals surface area contributed by atoms with Gasteiger partial charge < -0.3 is 30.3 Å². The van der Waals surface area contributed by atoms with Crippen LogP contribution in [0.1, 0.15) is 52.4 Å². The first kappa shape index (κ1) is 29.1. The van der Waals surface area contributed by atoms with Crippen LogP contribution in [0.3, 0.4) is 0 Å². The normalized spacial score (nSPS) is 26.2. The molecule has 0 saturated carbocycles. The van der Waals surface area contributed by atoms with E-state index in [1.54, 1.807) is 4.90 Å². The first-order chi connectivity index (χ1) is 19.9. The molecule has 3 fully saturated rings. The molecule has 41 heavy (non-hydrogen) atoms. The Balaban J connectivity index is 1.39. The number of fused-ring (bicyclic) bond motifs is 1. The summed E-state index contributed by atoms with van der Waals surface area (Å²) in [5, 5.41) is 15.2. The number of carbonyl (C=O) groups excluding carboxylic acids is 3. The van der Waals surface area contributed by atoms with Gasteiger partial charge in [-0.1, -0.05) is 31.0 Å². The summed E-state index contributed by atoms with van der Waals surface area (Å²) in [5.74, 6) is -2.06. The molecule has 1 spiro atoms. The second kappa shape index (κ2) is 12.6. The summed E-state index contributed by atoms with van der Waals surface area (Å²) in [5.41, 5.74) is 1.38. The number of rotatable bonds is 13. The second-order valence-electron chi connectivity index (χ2n) is 11.3. The van der Waals surface area contributed by atoms with Gasteiger partial charge >= 0.3 is 0 Å². The number of ether oxygens (including phenoxy) is 1. The van der Waals surface area contributed by atoms with E-state index in [4.69, 9.17) is 9.84 Å². The molecule has 0 aliphatic carbocycles. The molecule has 9 heteroatoms. The Morgan fingerprint density at radius 3 is 2.29 bits per heavy atom. The summed E-state index contributed by atoms with van der Waals surface area (Å²) >= 11 is 0. The molecule has 2 aromatic carbocycles. The molecule has 5 atom stereocenters. The minimum Gasteiger partial charge on any atom is -0.396 e. The van der Waals surface area contributed by atoms with Gasteiger partial charge in [0.15, 0.2) is 0 Å². The number of unbranched alkanes of at least 4 members (excludes halogenated alkanes) is 3. The molecule has 5 rings (SSSR count). The monoisotopic (exact) mass is 562 g/mol. The van der Waals surface area contributed by atoms with Gasteiger partial charge in [0.2, 0.25) is 17.7 Å². The van der Waals surface area contributed by atoms with Crippen LogP contribution in [0.2, 0.25) is 0 Å². The summed E-state index contributed by atoms with van der Waals surface area (Å²) in [6.45, 7) is 6.53. The zero-order valence-electron chi connectivity index (χ0n) is 24.1. The largest absolute Gasteiger partial charge is 0.396 e. The quantitative estimate of drug-likeness (QED) is 0.318. The van der Waals surface area contributed by atoms with Crippen LogP contribution < -0.4 is 15.5 Å². The molecule has 3 aliphatic heterocycles. The number of nitrogens with one attached hydrogen (secondary N) is 2. The number of para-hydroxylation sites is 1. The molecular weight excluding hydrogens is 520 g/mol. The topological polar surface area (TPSA) is 111 Å². The van der Waals surface area contributed by atoms with Gasteiger partial charge in [-0.3, -0.25) is 14.4 Å². The van der Waals surface area contributed by atoms with E-state index < -0.39 is 29.6 Å². The number of carbonyl (C=O) groups is 3. The van der Waals surface area contributed by atoms with Gasteiger partial charge in [-0.25, -0.2) is 0 Å². The van der Waals surface area contributed by atoms with Gasteiger partial charge in [-0.05, 0) is 75.9 Å². The summed E-state index contributed by atoms with van der Waals surface area (Å²) in [7, 11) is 0. The van der Waals surface area contributed by atoms with Crippen LogP contribution in [0.4, 0.5) is 17.1 Å². The molecule has 2 bridgehead atoms. The summed E-state index contributed by atoms with van der Waals surface area (Å²) in [6.07, 6.45) is 3.89. The fourth-order valence-electron chi connectivity index (χ4n) is 7.04. The summed E-state index contributed by atoms with van der Waals surface area (Å²) < 4.78 is 6.53. The molecule has 3 N–H and O–H groups in total. The maximum atomic E-state index is 14.1. The lowest BCUT2D eigenvalue weighted by Crippen LogP contribution is -2.53. The number of anilines is 3. The van der Waals surface area contributed by atoms with E-state index in [0.29, 0.717) is 43.6 Å². The Morgan fingerprint density at radius 1 is 0.951 bits per heavy atom. The predicted molar refractivity (Wildman–Crippen MR) is 159 cm³/mol. The highest BCUT2D eigenvalue weighted by molar-refractivity contribution is 6.05. The van der Waals surface area contributed by atoms with Gasteiger partial charge in [-0.15, -0.1) is 0 Å². The highest BCUT2D eigenvalue weighted by Crippen LogP contribution is 2.58. The van der Waals surface area contributed by atoms with Crippen LogP contribution in [0.25, 0.3) is 0 Å². The van der Waals surface area contributed by atoms with E-state index >= 15 is 0 Å². The Morgan fingerprint density at radius 2 is 1.61 bits per heavy atom. The molecule has 2 aromatic rings. The van der Waals surface area contributed by atoms with Gasteiger partial charge in [0, 0.05) is 43.3 Å². The van der Waals surface area contributed by atoms with Crippen molar-refractivity contribution in [2.75, 3.05) is 41.8 Å². The number of aliphatic hydroxyl groups is 1. The molecule has 0 radical (unpaired) electrons. The maximum absolute atomic E-state index is 14.1. The molecule has 0 aromatic heterocycles. The van der Waals surface area contributed by atoms with Crippen LogP contribution in [-0.2, 0) is 19.1 Å². The minimum absolute atomic E-state index is 0.138. The van der Waals surface area contributed by atoms with E-state index in [0.717, 1.165) is 31.6 Å². The van der Waals surface area contributed by atoms with Gasteiger partial charge in [0.25, 0.3) is 0 Å². The van der Waals surface area contributed by atoms with Crippen LogP contribution in [0.5, 0.6) is 0 Å². The van der Waals surface area contributed by atoms with E-state index in [1.165, 1.54) is 0 Å². The van der Waals surface area contributed by atoms with Crippen molar-refractivity contribution >= 4 is 34.8 Å². The molecule has 3 aliphatic rings. The third kappa shape index (κ3) is 5.57. The fraction of sp³-hybridized carbons (Fsp3) is 0.531. The summed E-state index contributed by atoms with van der Waals surface area (Å²) in [4.78, 5) is 45.5. The van der Waals surface area contributed by atoms with Crippen molar-refractivity contribution in [2.45, 2.75) is 70.1 Å². The van der Waals surface area contributed by atoms with E-state index in [1.807, 2.05) is 54.6 Å².